The lowest BCUT2D eigenvalue weighted by Crippen LogP contribution is -2.56. The van der Waals surface area contributed by atoms with E-state index in [4.69, 9.17) is 0 Å². The van der Waals surface area contributed by atoms with E-state index in [9.17, 15) is 19.7 Å². The van der Waals surface area contributed by atoms with Crippen molar-refractivity contribution in [1.29, 1.82) is 0 Å². The molecule has 2 N–H and O–H groups in total. The Balaban J connectivity index is 2.50. The third-order valence-corrected chi connectivity index (χ3v) is 3.93. The third kappa shape index (κ3) is 6.62. The summed E-state index contributed by atoms with van der Waals surface area (Å²) >= 11 is 0. The van der Waals surface area contributed by atoms with Crippen LogP contribution in [0.2, 0.25) is 0 Å². The molecule has 146 valence electrons. The highest BCUT2D eigenvalue weighted by Gasteiger charge is 2.29. The molecule has 10 heteroatoms. The van der Waals surface area contributed by atoms with Crippen LogP contribution in [0.3, 0.4) is 0 Å². The lowest BCUT2D eigenvalue weighted by molar-refractivity contribution is -0.396. The van der Waals surface area contributed by atoms with Gasteiger partial charge < -0.3 is 20.2 Å². The van der Waals surface area contributed by atoms with Crippen molar-refractivity contribution in [2.45, 2.75) is 51.7 Å². The molecular weight excluding hydrogens is 340 g/mol. The fourth-order valence-corrected chi connectivity index (χ4v) is 2.37. The zero-order valence-corrected chi connectivity index (χ0v) is 16.0. The molecule has 0 saturated carbocycles. The van der Waals surface area contributed by atoms with E-state index in [0.717, 1.165) is 6.29 Å². The van der Waals surface area contributed by atoms with Crippen LogP contribution in [0.15, 0.2) is 12.4 Å². The maximum Gasteiger partial charge on any atom is 0.434 e. The zero-order chi connectivity index (χ0) is 20.0. The largest absolute Gasteiger partial charge is 0.434 e. The Kier molecular flexibility index (Phi) is 7.54. The number of aromatic nitrogens is 2. The second kappa shape index (κ2) is 8.97. The fourth-order valence-electron chi connectivity index (χ4n) is 2.37. The monoisotopic (exact) mass is 368 g/mol. The van der Waals surface area contributed by atoms with E-state index in [2.05, 4.69) is 15.7 Å². The number of aryl methyl sites for hydroxylation is 1. The number of imidazole rings is 1. The van der Waals surface area contributed by atoms with E-state index >= 15 is 0 Å². The number of Topliss-reactive ketones (excluding diaryl/α,β-unsaturated/α-hetero) is 1. The summed E-state index contributed by atoms with van der Waals surface area (Å²) in [5.41, 5.74) is 1.70. The quantitative estimate of drug-likeness (QED) is 0.311. The van der Waals surface area contributed by atoms with Gasteiger partial charge in [0.05, 0.1) is 17.6 Å². The van der Waals surface area contributed by atoms with Crippen LogP contribution in [-0.2, 0) is 16.1 Å². The van der Waals surface area contributed by atoms with E-state index in [1.165, 1.54) is 17.0 Å². The van der Waals surface area contributed by atoms with Crippen LogP contribution >= 0.6 is 0 Å². The lowest BCUT2D eigenvalue weighted by atomic mass is 9.97. The molecule has 0 unspecified atom stereocenters. The van der Waals surface area contributed by atoms with Crippen LogP contribution < -0.4 is 10.7 Å². The summed E-state index contributed by atoms with van der Waals surface area (Å²) in [5, 5.41) is 15.7. The van der Waals surface area contributed by atoms with Gasteiger partial charge >= 0.3 is 5.95 Å². The summed E-state index contributed by atoms with van der Waals surface area (Å²) in [6.07, 6.45) is 3.82. The number of nitrogens with one attached hydrogen (secondary N) is 2. The maximum atomic E-state index is 12.5. The molecule has 26 heavy (non-hydrogen) atoms. The average molecular weight is 368 g/mol. The number of carbonyl (C=O) groups excluding carboxylic acids is 2. The summed E-state index contributed by atoms with van der Waals surface area (Å²) in [5.74, 6) is -0.349. The standard InChI is InChI=1S/C16H28N6O4/c1-15(2,12-23)18-8-10-20(5)19-16(3,4)13(24)6-9-21-11-7-17-14(21)22(25)26/h7,11-12,18-19H,6,8-10H2,1-5H3. The lowest BCUT2D eigenvalue weighted by Gasteiger charge is -2.31. The van der Waals surface area contributed by atoms with E-state index in [1.54, 1.807) is 32.7 Å². The van der Waals surface area contributed by atoms with Crippen molar-refractivity contribution in [2.75, 3.05) is 20.1 Å². The Morgan fingerprint density at radius 2 is 2.08 bits per heavy atom. The second-order valence-corrected chi connectivity index (χ2v) is 7.28. The SMILES string of the molecule is CN(CCNC(C)(C)C=O)NC(C)(C)C(=O)CCn1ccnc1[N+](=O)[O-]. The number of hydrazine groups is 1. The molecule has 0 radical (unpaired) electrons. The van der Waals surface area contributed by atoms with Gasteiger partial charge in [0.25, 0.3) is 0 Å². The van der Waals surface area contributed by atoms with E-state index in [0.29, 0.717) is 13.1 Å². The normalized spacial score (nSPS) is 12.4. The molecule has 0 fully saturated rings. The van der Waals surface area contributed by atoms with Gasteiger partial charge in [0, 0.05) is 26.6 Å². The topological polar surface area (TPSA) is 122 Å². The number of carbonyl (C=O) groups is 2. The summed E-state index contributed by atoms with van der Waals surface area (Å²) in [7, 11) is 1.81. The number of nitro groups is 1. The molecule has 0 aliphatic carbocycles. The first-order chi connectivity index (χ1) is 12.0. The van der Waals surface area contributed by atoms with Gasteiger partial charge in [0.1, 0.15) is 18.7 Å². The first-order valence-electron chi connectivity index (χ1n) is 8.37. The molecule has 0 amide bonds. The van der Waals surface area contributed by atoms with Crippen LogP contribution in [0.25, 0.3) is 0 Å². The first-order valence-corrected chi connectivity index (χ1v) is 8.37. The van der Waals surface area contributed by atoms with Crippen LogP contribution in [0.4, 0.5) is 5.95 Å². The van der Waals surface area contributed by atoms with Gasteiger partial charge in [-0.25, -0.2) is 15.0 Å². The summed E-state index contributed by atoms with van der Waals surface area (Å²) in [6.45, 7) is 8.45. The first kappa shape index (κ1) is 21.9. The van der Waals surface area contributed by atoms with Crippen molar-refractivity contribution in [3.8, 4) is 0 Å². The number of hydrogen-bond donors (Lipinski definition) is 2. The number of ketones is 1. The maximum absolute atomic E-state index is 12.5. The van der Waals surface area contributed by atoms with Crippen LogP contribution in [0.5, 0.6) is 0 Å². The molecule has 0 aromatic carbocycles. The van der Waals surface area contributed by atoms with Crippen LogP contribution in [0.1, 0.15) is 34.1 Å². The van der Waals surface area contributed by atoms with Crippen molar-refractivity contribution in [1.82, 2.24) is 25.3 Å². The summed E-state index contributed by atoms with van der Waals surface area (Å²) in [4.78, 5) is 37.3. The van der Waals surface area contributed by atoms with Gasteiger partial charge in [-0.3, -0.25) is 4.79 Å². The van der Waals surface area contributed by atoms with E-state index in [-0.39, 0.29) is 24.7 Å². The summed E-state index contributed by atoms with van der Waals surface area (Å²) in [6, 6.07) is 0. The number of rotatable bonds is 12. The molecule has 0 aliphatic heterocycles. The number of aldehydes is 1. The molecule has 0 bridgehead atoms. The van der Waals surface area contributed by atoms with Crippen LogP contribution in [-0.4, -0.2) is 62.8 Å². The third-order valence-electron chi connectivity index (χ3n) is 3.93. The predicted molar refractivity (Wildman–Crippen MR) is 96.5 cm³/mol. The molecule has 0 atom stereocenters. The van der Waals surface area contributed by atoms with Gasteiger partial charge in [-0.1, -0.05) is 4.98 Å². The molecule has 1 aromatic rings. The number of nitrogens with zero attached hydrogens (tertiary/aromatic N) is 4. The molecule has 1 rings (SSSR count). The highest BCUT2D eigenvalue weighted by molar-refractivity contribution is 5.87. The van der Waals surface area contributed by atoms with Gasteiger partial charge in [0.2, 0.25) is 0 Å². The van der Waals surface area contributed by atoms with E-state index < -0.39 is 16.0 Å². The van der Waals surface area contributed by atoms with Gasteiger partial charge in [-0.15, -0.1) is 0 Å². The van der Waals surface area contributed by atoms with Crippen LogP contribution in [0, 0.1) is 10.1 Å². The van der Waals surface area contributed by atoms with Crippen molar-refractivity contribution >= 4 is 18.0 Å². The molecular formula is C16H28N6O4. The van der Waals surface area contributed by atoms with Crippen molar-refractivity contribution in [3.05, 3.63) is 22.5 Å². The Labute approximate surface area is 153 Å². The van der Waals surface area contributed by atoms with Crippen molar-refractivity contribution in [2.24, 2.45) is 0 Å². The Bertz CT molecular complexity index is 640. The van der Waals surface area contributed by atoms with Gasteiger partial charge in [-0.2, -0.15) is 0 Å². The Hall–Kier alpha value is -2.17. The number of hydrogen-bond acceptors (Lipinski definition) is 8. The molecule has 0 saturated heterocycles. The molecule has 1 heterocycles. The minimum atomic E-state index is -0.829. The zero-order valence-electron chi connectivity index (χ0n) is 16.0. The highest BCUT2D eigenvalue weighted by Crippen LogP contribution is 2.12. The Morgan fingerprint density at radius 3 is 2.65 bits per heavy atom. The van der Waals surface area contributed by atoms with Crippen molar-refractivity contribution < 1.29 is 14.5 Å². The molecule has 1 aromatic heterocycles. The van der Waals surface area contributed by atoms with E-state index in [1.807, 2.05) is 7.05 Å². The predicted octanol–water partition coefficient (Wildman–Crippen LogP) is 0.533. The van der Waals surface area contributed by atoms with Gasteiger partial charge in [0.15, 0.2) is 5.78 Å². The van der Waals surface area contributed by atoms with Crippen molar-refractivity contribution in [3.63, 3.8) is 0 Å². The average Bonchev–Trinajstić information content (AvgIpc) is 3.00. The minimum absolute atomic E-state index is 0.0754. The minimum Gasteiger partial charge on any atom is -0.390 e. The highest BCUT2D eigenvalue weighted by atomic mass is 16.6. The van der Waals surface area contributed by atoms with Gasteiger partial charge in [-0.05, 0) is 32.6 Å². The second-order valence-electron chi connectivity index (χ2n) is 7.28. The summed E-state index contributed by atoms with van der Waals surface area (Å²) < 4.78 is 1.35. The number of likely N-dealkylation sites (N-methyl/N-ethyl adjacent to an activating group) is 1. The molecule has 0 aliphatic rings. The molecule has 0 spiro atoms. The Morgan fingerprint density at radius 1 is 1.42 bits per heavy atom. The smallest absolute Gasteiger partial charge is 0.390 e. The fraction of sp³-hybridized carbons (Fsp3) is 0.688. The molecule has 10 nitrogen and oxygen atoms in total.